The van der Waals surface area contributed by atoms with Gasteiger partial charge in [0.1, 0.15) is 0 Å². The van der Waals surface area contributed by atoms with E-state index in [9.17, 15) is 4.79 Å². The molecule has 1 unspecified atom stereocenters. The molecule has 0 saturated carbocycles. The summed E-state index contributed by atoms with van der Waals surface area (Å²) in [7, 11) is 0. The first-order valence-electron chi connectivity index (χ1n) is 8.11. The number of benzene rings is 1. The molecule has 1 atom stereocenters. The third kappa shape index (κ3) is 3.42. The van der Waals surface area contributed by atoms with Gasteiger partial charge in [-0.25, -0.2) is 0 Å². The predicted octanol–water partition coefficient (Wildman–Crippen LogP) is 2.43. The Morgan fingerprint density at radius 2 is 2.00 bits per heavy atom. The van der Waals surface area contributed by atoms with Gasteiger partial charge >= 0.3 is 0 Å². The Kier molecular flexibility index (Phi) is 4.71. The van der Waals surface area contributed by atoms with Gasteiger partial charge in [-0.1, -0.05) is 37.2 Å². The Hall–Kier alpha value is -2.21. The second kappa shape index (κ2) is 6.91. The Labute approximate surface area is 136 Å². The van der Waals surface area contributed by atoms with Crippen LogP contribution in [0, 0.1) is 0 Å². The molecule has 1 aromatic heterocycles. The van der Waals surface area contributed by atoms with Crippen molar-refractivity contribution >= 4 is 11.6 Å². The lowest BCUT2D eigenvalue weighted by Gasteiger charge is -2.15. The summed E-state index contributed by atoms with van der Waals surface area (Å²) in [6.45, 7) is 7.36. The molecule has 1 amide bonds. The molecule has 1 saturated heterocycles. The third-order valence-electron chi connectivity index (χ3n) is 4.30. The molecule has 0 bridgehead atoms. The van der Waals surface area contributed by atoms with Gasteiger partial charge < -0.3 is 9.42 Å². The molecular formula is C17H22N4O2. The lowest BCUT2D eigenvalue weighted by molar-refractivity contribution is -0.117. The van der Waals surface area contributed by atoms with Crippen LogP contribution in [0.2, 0.25) is 0 Å². The molecule has 23 heavy (non-hydrogen) atoms. The monoisotopic (exact) mass is 314 g/mol. The summed E-state index contributed by atoms with van der Waals surface area (Å²) >= 11 is 0. The van der Waals surface area contributed by atoms with E-state index in [0.29, 0.717) is 31.2 Å². The smallest absolute Gasteiger partial charge is 0.240 e. The fourth-order valence-electron chi connectivity index (χ4n) is 2.87. The summed E-state index contributed by atoms with van der Waals surface area (Å²) in [5.41, 5.74) is 0.923. The number of amides is 1. The Bertz CT molecular complexity index is 652. The molecule has 3 rings (SSSR count). The summed E-state index contributed by atoms with van der Waals surface area (Å²) in [6, 6.07) is 9.71. The van der Waals surface area contributed by atoms with Gasteiger partial charge in [0.05, 0.1) is 6.54 Å². The summed E-state index contributed by atoms with van der Waals surface area (Å²) in [6.07, 6.45) is 0.430. The number of aromatic nitrogens is 2. The van der Waals surface area contributed by atoms with E-state index in [1.54, 1.807) is 4.90 Å². The normalized spacial score (nSPS) is 18.1. The first kappa shape index (κ1) is 15.7. The van der Waals surface area contributed by atoms with Crippen LogP contribution in [0.15, 0.2) is 34.9 Å². The molecule has 6 nitrogen and oxygen atoms in total. The van der Waals surface area contributed by atoms with E-state index < -0.39 is 0 Å². The van der Waals surface area contributed by atoms with Gasteiger partial charge in [-0.05, 0) is 25.2 Å². The van der Waals surface area contributed by atoms with E-state index in [2.05, 4.69) is 28.9 Å². The van der Waals surface area contributed by atoms with E-state index in [4.69, 9.17) is 4.52 Å². The zero-order chi connectivity index (χ0) is 16.2. The lowest BCUT2D eigenvalue weighted by atomic mass is 10.1. The van der Waals surface area contributed by atoms with Crippen LogP contribution in [0.4, 0.5) is 5.69 Å². The maximum Gasteiger partial charge on any atom is 0.240 e. The van der Waals surface area contributed by atoms with Crippen LogP contribution in [0.5, 0.6) is 0 Å². The van der Waals surface area contributed by atoms with Crippen molar-refractivity contribution in [2.45, 2.75) is 32.7 Å². The van der Waals surface area contributed by atoms with Crippen LogP contribution in [0.25, 0.3) is 0 Å². The highest BCUT2D eigenvalue weighted by Gasteiger charge is 2.34. The molecule has 6 heteroatoms. The summed E-state index contributed by atoms with van der Waals surface area (Å²) in [5.74, 6) is 1.36. The lowest BCUT2D eigenvalue weighted by Crippen LogP contribution is -2.24. The van der Waals surface area contributed by atoms with Gasteiger partial charge in [0, 0.05) is 24.6 Å². The third-order valence-corrected chi connectivity index (χ3v) is 4.30. The number of para-hydroxylation sites is 1. The highest BCUT2D eigenvalue weighted by Crippen LogP contribution is 2.30. The molecule has 1 aliphatic rings. The van der Waals surface area contributed by atoms with Crippen molar-refractivity contribution in [2.75, 3.05) is 24.5 Å². The number of anilines is 1. The maximum absolute atomic E-state index is 12.3. The van der Waals surface area contributed by atoms with E-state index in [0.717, 1.165) is 18.8 Å². The van der Waals surface area contributed by atoms with Gasteiger partial charge in [0.2, 0.25) is 11.8 Å². The highest BCUT2D eigenvalue weighted by molar-refractivity contribution is 5.96. The van der Waals surface area contributed by atoms with Gasteiger partial charge in [-0.2, -0.15) is 4.98 Å². The molecule has 122 valence electrons. The topological polar surface area (TPSA) is 62.5 Å². The van der Waals surface area contributed by atoms with Gasteiger partial charge in [-0.15, -0.1) is 0 Å². The van der Waals surface area contributed by atoms with Crippen molar-refractivity contribution in [2.24, 2.45) is 0 Å². The summed E-state index contributed by atoms with van der Waals surface area (Å²) in [5, 5.41) is 4.09. The van der Waals surface area contributed by atoms with Crippen LogP contribution in [-0.4, -0.2) is 40.6 Å². The first-order valence-corrected chi connectivity index (χ1v) is 8.11. The zero-order valence-corrected chi connectivity index (χ0v) is 13.6. The number of hydrogen-bond acceptors (Lipinski definition) is 5. The fraction of sp³-hybridized carbons (Fsp3) is 0.471. The van der Waals surface area contributed by atoms with Crippen LogP contribution in [0.1, 0.15) is 37.9 Å². The summed E-state index contributed by atoms with van der Waals surface area (Å²) < 4.78 is 5.35. The van der Waals surface area contributed by atoms with E-state index >= 15 is 0 Å². The van der Waals surface area contributed by atoms with E-state index in [1.165, 1.54) is 0 Å². The number of carbonyl (C=O) groups is 1. The number of carbonyl (C=O) groups excluding carboxylic acids is 1. The average Bonchev–Trinajstić information content (AvgIpc) is 3.20. The predicted molar refractivity (Wildman–Crippen MR) is 87.1 cm³/mol. The Morgan fingerprint density at radius 1 is 1.26 bits per heavy atom. The van der Waals surface area contributed by atoms with Crippen molar-refractivity contribution in [1.82, 2.24) is 15.0 Å². The minimum Gasteiger partial charge on any atom is -0.338 e. The molecular weight excluding hydrogens is 292 g/mol. The zero-order valence-electron chi connectivity index (χ0n) is 13.6. The number of nitrogens with zero attached hydrogens (tertiary/aromatic N) is 4. The average molecular weight is 314 g/mol. The molecule has 0 radical (unpaired) electrons. The minimum absolute atomic E-state index is 0.00286. The van der Waals surface area contributed by atoms with Crippen LogP contribution in [0.3, 0.4) is 0 Å². The van der Waals surface area contributed by atoms with Gasteiger partial charge in [-0.3, -0.25) is 9.69 Å². The van der Waals surface area contributed by atoms with Crippen molar-refractivity contribution in [3.63, 3.8) is 0 Å². The maximum atomic E-state index is 12.3. The molecule has 1 fully saturated rings. The number of rotatable bonds is 6. The minimum atomic E-state index is -0.00286. The SMILES string of the molecule is CCN(CC)Cc1nc(C2CC(=O)N(c3ccccc3)C2)no1. The second-order valence-corrected chi connectivity index (χ2v) is 5.75. The van der Waals surface area contributed by atoms with Crippen molar-refractivity contribution < 1.29 is 9.32 Å². The molecule has 1 aromatic carbocycles. The quantitative estimate of drug-likeness (QED) is 0.819. The highest BCUT2D eigenvalue weighted by atomic mass is 16.5. The van der Waals surface area contributed by atoms with Crippen LogP contribution < -0.4 is 4.90 Å². The molecule has 0 spiro atoms. The Morgan fingerprint density at radius 3 is 2.70 bits per heavy atom. The van der Waals surface area contributed by atoms with Crippen LogP contribution in [-0.2, 0) is 11.3 Å². The Balaban J connectivity index is 1.69. The van der Waals surface area contributed by atoms with Crippen molar-refractivity contribution in [3.8, 4) is 0 Å². The van der Waals surface area contributed by atoms with Crippen molar-refractivity contribution in [3.05, 3.63) is 42.0 Å². The van der Waals surface area contributed by atoms with Gasteiger partial charge in [0.25, 0.3) is 0 Å². The molecule has 0 aliphatic carbocycles. The molecule has 2 aromatic rings. The van der Waals surface area contributed by atoms with Crippen molar-refractivity contribution in [1.29, 1.82) is 0 Å². The van der Waals surface area contributed by atoms with E-state index in [-0.39, 0.29) is 11.8 Å². The molecule has 1 aliphatic heterocycles. The van der Waals surface area contributed by atoms with Crippen LogP contribution >= 0.6 is 0 Å². The standard InChI is InChI=1S/C17H22N4O2/c1-3-20(4-2)12-15-18-17(19-23-15)13-10-16(22)21(11-13)14-8-6-5-7-9-14/h5-9,13H,3-4,10-12H2,1-2H3. The molecule has 0 N–H and O–H groups in total. The number of hydrogen-bond donors (Lipinski definition) is 0. The second-order valence-electron chi connectivity index (χ2n) is 5.75. The largest absolute Gasteiger partial charge is 0.338 e. The van der Waals surface area contributed by atoms with Gasteiger partial charge in [0.15, 0.2) is 5.82 Å². The summed E-state index contributed by atoms with van der Waals surface area (Å²) in [4.78, 5) is 20.8. The van der Waals surface area contributed by atoms with E-state index in [1.807, 2.05) is 30.3 Å². The molecule has 2 heterocycles. The first-order chi connectivity index (χ1) is 11.2. The fourth-order valence-corrected chi connectivity index (χ4v) is 2.87.